The first kappa shape index (κ1) is 15.5. The van der Waals surface area contributed by atoms with Crippen LogP contribution < -0.4 is 0 Å². The maximum atomic E-state index is 12.6. The Labute approximate surface area is 87.6 Å². The lowest BCUT2D eigenvalue weighted by molar-refractivity contribution is -0.400. The molecule has 0 aliphatic carbocycles. The highest BCUT2D eigenvalue weighted by Crippen LogP contribution is 2.46. The number of halogens is 7. The Kier molecular flexibility index (Phi) is 4.61. The zero-order chi connectivity index (χ0) is 13.2. The largest absolute Gasteiger partial charge is 0.425 e. The van der Waals surface area contributed by atoms with Crippen LogP contribution in [0.5, 0.6) is 0 Å². The predicted molar refractivity (Wildman–Crippen MR) is 41.6 cm³/mol. The van der Waals surface area contributed by atoms with E-state index in [9.17, 15) is 30.7 Å². The maximum absolute atomic E-state index is 12.6. The van der Waals surface area contributed by atoms with E-state index < -0.39 is 37.2 Å². The van der Waals surface area contributed by atoms with Crippen molar-refractivity contribution < 1.29 is 35.5 Å². The van der Waals surface area contributed by atoms with Crippen LogP contribution in [0.3, 0.4) is 0 Å². The third kappa shape index (κ3) is 2.99. The molecule has 0 saturated carbocycles. The summed E-state index contributed by atoms with van der Waals surface area (Å²) < 4.78 is 89.9. The zero-order valence-electron chi connectivity index (χ0n) is 8.55. The third-order valence-corrected chi connectivity index (χ3v) is 1.59. The topological polar surface area (TPSA) is 9.23 Å². The molecule has 0 bridgehead atoms. The van der Waals surface area contributed by atoms with E-state index in [0.29, 0.717) is 0 Å². The summed E-state index contributed by atoms with van der Waals surface area (Å²) in [6, 6.07) is 0. The van der Waals surface area contributed by atoms with Gasteiger partial charge in [-0.3, -0.25) is 0 Å². The smallest absolute Gasteiger partial charge is 0.315 e. The Morgan fingerprint density at radius 2 is 1.44 bits per heavy atom. The van der Waals surface area contributed by atoms with Crippen LogP contribution in [-0.2, 0) is 4.74 Å². The Bertz CT molecular complexity index is 226. The summed E-state index contributed by atoms with van der Waals surface area (Å²) in [7, 11) is 0. The summed E-state index contributed by atoms with van der Waals surface area (Å²) >= 11 is 0. The van der Waals surface area contributed by atoms with Gasteiger partial charge in [0.25, 0.3) is 0 Å². The molecule has 0 saturated heterocycles. The molecule has 0 fully saturated rings. The lowest BCUT2D eigenvalue weighted by atomic mass is 10.1. The van der Waals surface area contributed by atoms with E-state index in [1.807, 2.05) is 0 Å². The summed E-state index contributed by atoms with van der Waals surface area (Å²) in [5.74, 6) is -11.9. The van der Waals surface area contributed by atoms with Gasteiger partial charge in [-0.25, -0.2) is 4.39 Å². The first-order valence-electron chi connectivity index (χ1n) is 4.31. The molecule has 0 aromatic heterocycles. The normalized spacial score (nSPS) is 14.6. The molecule has 0 heterocycles. The first-order valence-corrected chi connectivity index (χ1v) is 4.31. The van der Waals surface area contributed by atoms with E-state index in [1.54, 1.807) is 0 Å². The summed E-state index contributed by atoms with van der Waals surface area (Å²) in [6.45, 7) is -1.01. The molecule has 0 aliphatic rings. The second-order valence-corrected chi connectivity index (χ2v) is 3.63. The number of hydrogen-bond donors (Lipinski definition) is 0. The van der Waals surface area contributed by atoms with E-state index in [4.69, 9.17) is 0 Å². The molecular formula is C8H11F7O. The monoisotopic (exact) mass is 256 g/mol. The van der Waals surface area contributed by atoms with Crippen LogP contribution in [0, 0.1) is 5.92 Å². The van der Waals surface area contributed by atoms with Crippen LogP contribution in [0.25, 0.3) is 0 Å². The van der Waals surface area contributed by atoms with Crippen LogP contribution >= 0.6 is 0 Å². The van der Waals surface area contributed by atoms with Gasteiger partial charge < -0.3 is 4.74 Å². The first-order chi connectivity index (χ1) is 6.98. The van der Waals surface area contributed by atoms with Crippen molar-refractivity contribution in [1.29, 1.82) is 0 Å². The highest BCUT2D eigenvalue weighted by atomic mass is 19.4. The number of rotatable bonds is 6. The Morgan fingerprint density at radius 1 is 1.00 bits per heavy atom. The molecular weight excluding hydrogens is 245 g/mol. The molecule has 1 nitrogen and oxygen atoms in total. The molecule has 98 valence electrons. The average molecular weight is 256 g/mol. The third-order valence-electron chi connectivity index (χ3n) is 1.59. The van der Waals surface area contributed by atoms with E-state index in [1.165, 1.54) is 13.8 Å². The zero-order valence-corrected chi connectivity index (χ0v) is 8.55. The van der Waals surface area contributed by atoms with Crippen molar-refractivity contribution >= 4 is 0 Å². The lowest BCUT2D eigenvalue weighted by Gasteiger charge is -2.31. The van der Waals surface area contributed by atoms with Gasteiger partial charge in [0.2, 0.25) is 0 Å². The van der Waals surface area contributed by atoms with Crippen molar-refractivity contribution in [3.8, 4) is 0 Å². The van der Waals surface area contributed by atoms with Crippen molar-refractivity contribution in [3.63, 3.8) is 0 Å². The fourth-order valence-electron chi connectivity index (χ4n) is 0.659. The molecule has 0 rings (SSSR count). The van der Waals surface area contributed by atoms with Gasteiger partial charge >= 0.3 is 18.0 Å². The van der Waals surface area contributed by atoms with Crippen molar-refractivity contribution in [2.24, 2.45) is 5.92 Å². The van der Waals surface area contributed by atoms with Crippen molar-refractivity contribution in [1.82, 2.24) is 0 Å². The van der Waals surface area contributed by atoms with Gasteiger partial charge in [0, 0.05) is 0 Å². The molecule has 16 heavy (non-hydrogen) atoms. The minimum absolute atomic E-state index is 0.555. The molecule has 0 unspecified atom stereocenters. The van der Waals surface area contributed by atoms with Gasteiger partial charge in [0.1, 0.15) is 0 Å². The highest BCUT2D eigenvalue weighted by Gasteiger charge is 2.73. The quantitative estimate of drug-likeness (QED) is 0.661. The van der Waals surface area contributed by atoms with E-state index >= 15 is 0 Å². The van der Waals surface area contributed by atoms with Crippen molar-refractivity contribution in [3.05, 3.63) is 0 Å². The maximum Gasteiger partial charge on any atom is 0.425 e. The van der Waals surface area contributed by atoms with E-state index in [-0.39, 0.29) is 0 Å². The fraction of sp³-hybridized carbons (Fsp3) is 1.00. The fourth-order valence-corrected chi connectivity index (χ4v) is 0.659. The molecule has 0 N–H and O–H groups in total. The molecule has 0 amide bonds. The van der Waals surface area contributed by atoms with Crippen molar-refractivity contribution in [2.75, 3.05) is 13.3 Å². The van der Waals surface area contributed by atoms with Crippen molar-refractivity contribution in [2.45, 2.75) is 31.8 Å². The van der Waals surface area contributed by atoms with Crippen LogP contribution in [0.1, 0.15) is 13.8 Å². The summed E-state index contributed by atoms with van der Waals surface area (Å²) in [6.07, 6.45) is -5.41. The molecule has 0 aromatic rings. The number of hydrogen-bond acceptors (Lipinski definition) is 1. The lowest BCUT2D eigenvalue weighted by Crippen LogP contribution is -2.56. The molecule has 0 atom stereocenters. The van der Waals surface area contributed by atoms with E-state index in [2.05, 4.69) is 4.74 Å². The Hall–Kier alpha value is -0.530. The SMILES string of the molecule is CC(C)COC(F)(F)C(F)(F)C(F)(F)CF. The van der Waals surface area contributed by atoms with Gasteiger partial charge in [0.15, 0.2) is 6.67 Å². The molecule has 0 aliphatic heterocycles. The van der Waals surface area contributed by atoms with Crippen LogP contribution in [-0.4, -0.2) is 31.2 Å². The Balaban J connectivity index is 4.83. The van der Waals surface area contributed by atoms with Crippen LogP contribution in [0.2, 0.25) is 0 Å². The Morgan fingerprint density at radius 3 is 1.75 bits per heavy atom. The minimum Gasteiger partial charge on any atom is -0.315 e. The summed E-state index contributed by atoms with van der Waals surface area (Å²) in [4.78, 5) is 0. The molecule has 0 aromatic carbocycles. The summed E-state index contributed by atoms with van der Waals surface area (Å²) in [5, 5.41) is 0. The van der Waals surface area contributed by atoms with Gasteiger partial charge in [-0.05, 0) is 5.92 Å². The minimum atomic E-state index is -5.89. The second kappa shape index (κ2) is 4.77. The average Bonchev–Trinajstić information content (AvgIpc) is 2.14. The number of ether oxygens (including phenoxy) is 1. The van der Waals surface area contributed by atoms with Crippen LogP contribution in [0.4, 0.5) is 30.7 Å². The van der Waals surface area contributed by atoms with E-state index in [0.717, 1.165) is 0 Å². The standard InChI is InChI=1S/C8H11F7O/c1-5(2)3-16-8(14,15)7(12,13)6(10,11)4-9/h5H,3-4H2,1-2H3. The van der Waals surface area contributed by atoms with Gasteiger partial charge in [-0.15, -0.1) is 0 Å². The highest BCUT2D eigenvalue weighted by molar-refractivity contribution is 4.91. The predicted octanol–water partition coefficient (Wildman–Crippen LogP) is 3.49. The summed E-state index contributed by atoms with van der Waals surface area (Å²) in [5.41, 5.74) is 0. The van der Waals surface area contributed by atoms with Crippen LogP contribution in [0.15, 0.2) is 0 Å². The number of alkyl halides is 7. The van der Waals surface area contributed by atoms with Gasteiger partial charge in [-0.1, -0.05) is 13.8 Å². The van der Waals surface area contributed by atoms with Gasteiger partial charge in [0.05, 0.1) is 6.61 Å². The molecule has 0 radical (unpaired) electrons. The molecule has 8 heteroatoms. The van der Waals surface area contributed by atoms with Gasteiger partial charge in [-0.2, -0.15) is 26.3 Å². The second-order valence-electron chi connectivity index (χ2n) is 3.63. The molecule has 0 spiro atoms.